The van der Waals surface area contributed by atoms with Gasteiger partial charge in [0.2, 0.25) is 5.91 Å². The molecule has 0 aromatic heterocycles. The van der Waals surface area contributed by atoms with Gasteiger partial charge in [0.1, 0.15) is 0 Å². The Hall–Kier alpha value is 0.0300. The van der Waals surface area contributed by atoms with Crippen LogP contribution in [0.25, 0.3) is 0 Å². The number of amides is 1. The zero-order chi connectivity index (χ0) is 7.49. The molecule has 0 aliphatic rings. The predicted octanol–water partition coefficient (Wildman–Crippen LogP) is 1.34. The van der Waals surface area contributed by atoms with Crippen LogP contribution in [0.4, 0.5) is 0 Å². The molecule has 3 N–H and O–H groups in total. The first kappa shape index (κ1) is 9.03. The molecule has 0 unspecified atom stereocenters. The lowest BCUT2D eigenvalue weighted by Gasteiger charge is -2.08. The summed E-state index contributed by atoms with van der Waals surface area (Å²) in [5, 5.41) is 3.04. The van der Waals surface area contributed by atoms with Crippen molar-refractivity contribution in [2.24, 2.45) is 10.8 Å². The lowest BCUT2D eigenvalue weighted by atomic mass is 10.4. The van der Waals surface area contributed by atoms with Crippen LogP contribution in [0, 0.1) is 5.53 Å². The minimum absolute atomic E-state index is 0.0312. The van der Waals surface area contributed by atoms with E-state index >= 15 is 0 Å². The van der Waals surface area contributed by atoms with Crippen LogP contribution >= 0.6 is 31.9 Å². The van der Waals surface area contributed by atoms with Crippen LogP contribution in [-0.2, 0) is 4.79 Å². The van der Waals surface area contributed by atoms with E-state index in [1.807, 2.05) is 0 Å². The highest BCUT2D eigenvalue weighted by Crippen LogP contribution is 2.30. The minimum Gasteiger partial charge on any atom is -0.370 e. The second kappa shape index (κ2) is 3.26. The molecule has 6 heteroatoms. The first-order valence-corrected chi connectivity index (χ1v) is 3.61. The maximum atomic E-state index is 10.2. The van der Waals surface area contributed by atoms with E-state index in [9.17, 15) is 4.79 Å². The Balaban J connectivity index is 3.86. The molecule has 0 bridgehead atoms. The Morgan fingerprint density at radius 1 is 1.78 bits per heavy atom. The number of nitrogens with two attached hydrogens (primary N) is 1. The van der Waals surface area contributed by atoms with Crippen molar-refractivity contribution in [3.8, 4) is 0 Å². The van der Waals surface area contributed by atoms with Gasteiger partial charge in [-0.25, -0.2) is 5.53 Å². The van der Waals surface area contributed by atoms with E-state index in [0.717, 1.165) is 0 Å². The number of carbonyl (C=O) groups excluding carboxylic acids is 1. The Kier molecular flexibility index (Phi) is 3.27. The van der Waals surface area contributed by atoms with E-state index in [1.54, 1.807) is 0 Å². The number of rotatable bonds is 3. The van der Waals surface area contributed by atoms with E-state index in [4.69, 9.17) is 11.3 Å². The van der Waals surface area contributed by atoms with Crippen molar-refractivity contribution >= 4 is 37.8 Å². The number of nitrogens with one attached hydrogen (secondary N) is 1. The van der Waals surface area contributed by atoms with Crippen LogP contribution in [-0.4, -0.2) is 9.26 Å². The Bertz CT molecular complexity index is 135. The van der Waals surface area contributed by atoms with Gasteiger partial charge in [0.25, 0.3) is 0 Å². The number of primary amides is 1. The Morgan fingerprint density at radius 3 is 2.33 bits per heavy atom. The number of halogens is 2. The fourth-order valence-corrected chi connectivity index (χ4v) is 0.802. The van der Waals surface area contributed by atoms with Crippen LogP contribution in [0.5, 0.6) is 0 Å². The number of nitrogens with zero attached hydrogens (tertiary/aromatic N) is 1. The number of alkyl halides is 2. The zero-order valence-electron chi connectivity index (χ0n) is 4.40. The average Bonchev–Trinajstić information content (AvgIpc) is 1.63. The van der Waals surface area contributed by atoms with Crippen molar-refractivity contribution < 1.29 is 4.79 Å². The molecule has 0 saturated carbocycles. The molecule has 0 rings (SSSR count). The summed E-state index contributed by atoms with van der Waals surface area (Å²) in [4.78, 5) is 10.2. The maximum Gasteiger partial charge on any atom is 0.221 e. The monoisotopic (exact) mass is 257 g/mol. The molecule has 0 atom stereocenters. The largest absolute Gasteiger partial charge is 0.370 e. The molecular weight excluding hydrogens is 254 g/mol. The fraction of sp³-hybridized carbons (Fsp3) is 0.667. The molecule has 0 aliphatic heterocycles. The van der Waals surface area contributed by atoms with Crippen molar-refractivity contribution in [1.29, 1.82) is 5.53 Å². The van der Waals surface area contributed by atoms with Gasteiger partial charge in [0, 0.05) is 0 Å². The van der Waals surface area contributed by atoms with Crippen molar-refractivity contribution in [2.45, 2.75) is 9.78 Å². The topological polar surface area (TPSA) is 79.3 Å². The van der Waals surface area contributed by atoms with Gasteiger partial charge in [-0.2, -0.15) is 5.11 Å². The summed E-state index contributed by atoms with van der Waals surface area (Å²) in [6, 6.07) is 0. The van der Waals surface area contributed by atoms with E-state index in [1.165, 1.54) is 0 Å². The fourth-order valence-electron chi connectivity index (χ4n) is 0.249. The highest BCUT2D eigenvalue weighted by molar-refractivity contribution is 9.25. The van der Waals surface area contributed by atoms with Gasteiger partial charge in [0.05, 0.1) is 6.42 Å². The van der Waals surface area contributed by atoms with E-state index in [2.05, 4.69) is 37.0 Å². The molecule has 0 saturated heterocycles. The standard InChI is InChI=1S/C3H5Br2N3O/c4-3(5,8-7)1-2(6)9/h7H,1H2,(H2,6,9). The first-order chi connectivity index (χ1) is 3.98. The van der Waals surface area contributed by atoms with Gasteiger partial charge in [0.15, 0.2) is 3.36 Å². The highest BCUT2D eigenvalue weighted by atomic mass is 79.9. The van der Waals surface area contributed by atoms with Crippen LogP contribution < -0.4 is 5.73 Å². The van der Waals surface area contributed by atoms with Gasteiger partial charge in [-0.05, 0) is 31.9 Å². The second-order valence-corrected chi connectivity index (χ2v) is 5.11. The van der Waals surface area contributed by atoms with Crippen LogP contribution in [0.2, 0.25) is 0 Å². The normalized spacial score (nSPS) is 10.9. The van der Waals surface area contributed by atoms with Crippen LogP contribution in [0.15, 0.2) is 5.11 Å². The van der Waals surface area contributed by atoms with Gasteiger partial charge in [-0.3, -0.25) is 4.79 Å². The summed E-state index contributed by atoms with van der Waals surface area (Å²) < 4.78 is -0.994. The lowest BCUT2D eigenvalue weighted by molar-refractivity contribution is -0.118. The summed E-state index contributed by atoms with van der Waals surface area (Å²) >= 11 is 5.89. The third-order valence-electron chi connectivity index (χ3n) is 0.550. The molecule has 0 aromatic carbocycles. The third-order valence-corrected chi connectivity index (χ3v) is 1.47. The van der Waals surface area contributed by atoms with Crippen molar-refractivity contribution in [3.05, 3.63) is 0 Å². The zero-order valence-corrected chi connectivity index (χ0v) is 7.57. The quantitative estimate of drug-likeness (QED) is 0.447. The lowest BCUT2D eigenvalue weighted by Crippen LogP contribution is -2.20. The predicted molar refractivity (Wildman–Crippen MR) is 39.5 cm³/mol. The maximum absolute atomic E-state index is 10.2. The molecule has 1 amide bonds. The summed E-state index contributed by atoms with van der Waals surface area (Å²) in [5.41, 5.74) is 11.3. The summed E-state index contributed by atoms with van der Waals surface area (Å²) in [7, 11) is 0. The van der Waals surface area contributed by atoms with Gasteiger partial charge < -0.3 is 5.73 Å². The van der Waals surface area contributed by atoms with Crippen LogP contribution in [0.3, 0.4) is 0 Å². The smallest absolute Gasteiger partial charge is 0.221 e. The minimum atomic E-state index is -0.994. The molecule has 0 spiro atoms. The SMILES string of the molecule is N=NC(Br)(Br)CC(N)=O. The van der Waals surface area contributed by atoms with Gasteiger partial charge in [-0.15, -0.1) is 0 Å². The Labute approximate surface area is 68.9 Å². The molecule has 9 heavy (non-hydrogen) atoms. The van der Waals surface area contributed by atoms with E-state index in [-0.39, 0.29) is 6.42 Å². The number of hydrogen-bond donors (Lipinski definition) is 2. The molecule has 0 radical (unpaired) electrons. The van der Waals surface area contributed by atoms with Crippen molar-refractivity contribution in [2.75, 3.05) is 0 Å². The van der Waals surface area contributed by atoms with Crippen LogP contribution in [0.1, 0.15) is 6.42 Å². The molecule has 0 aliphatic carbocycles. The average molecular weight is 259 g/mol. The van der Waals surface area contributed by atoms with E-state index in [0.29, 0.717) is 0 Å². The number of hydrogen-bond acceptors (Lipinski definition) is 3. The van der Waals surface area contributed by atoms with Crippen molar-refractivity contribution in [3.63, 3.8) is 0 Å². The Morgan fingerprint density at radius 2 is 2.22 bits per heavy atom. The molecule has 0 heterocycles. The second-order valence-electron chi connectivity index (χ2n) is 1.42. The third kappa shape index (κ3) is 4.53. The molecule has 0 aromatic rings. The van der Waals surface area contributed by atoms with E-state index < -0.39 is 9.26 Å². The number of carbonyl (C=O) groups is 1. The van der Waals surface area contributed by atoms with Gasteiger partial charge >= 0.3 is 0 Å². The van der Waals surface area contributed by atoms with Crippen molar-refractivity contribution in [1.82, 2.24) is 0 Å². The molecular formula is C3H5Br2N3O. The summed E-state index contributed by atoms with van der Waals surface area (Å²) in [5.74, 6) is -0.514. The summed E-state index contributed by atoms with van der Waals surface area (Å²) in [6.07, 6.45) is -0.0312. The molecule has 52 valence electrons. The molecule has 0 fully saturated rings. The first-order valence-electron chi connectivity index (χ1n) is 2.03. The molecule has 4 nitrogen and oxygen atoms in total. The highest BCUT2D eigenvalue weighted by Gasteiger charge is 2.23. The van der Waals surface area contributed by atoms with Gasteiger partial charge in [-0.1, -0.05) is 0 Å². The summed E-state index contributed by atoms with van der Waals surface area (Å²) in [6.45, 7) is 0.